The van der Waals surface area contributed by atoms with Gasteiger partial charge in [-0.05, 0) is 44.5 Å². The first-order chi connectivity index (χ1) is 13.0. The summed E-state index contributed by atoms with van der Waals surface area (Å²) in [5, 5.41) is 0.739. The van der Waals surface area contributed by atoms with E-state index >= 15 is 0 Å². The van der Waals surface area contributed by atoms with Crippen molar-refractivity contribution in [2.24, 2.45) is 0 Å². The van der Waals surface area contributed by atoms with Crippen LogP contribution in [0, 0.1) is 13.8 Å². The fourth-order valence-electron chi connectivity index (χ4n) is 2.14. The van der Waals surface area contributed by atoms with E-state index in [-0.39, 0.29) is 5.91 Å². The van der Waals surface area contributed by atoms with E-state index in [0.717, 1.165) is 22.1 Å². The van der Waals surface area contributed by atoms with Crippen LogP contribution in [-0.2, 0) is 10.5 Å². The number of benzene rings is 1. The Morgan fingerprint density at radius 3 is 2.33 bits per heavy atom. The summed E-state index contributed by atoms with van der Waals surface area (Å²) in [4.78, 5) is 32.4. The number of carbonyl (C=O) groups excluding carboxylic acids is 2. The minimum Gasteiger partial charge on any atom is -0.268 e. The van der Waals surface area contributed by atoms with Crippen LogP contribution < -0.4 is 10.9 Å². The van der Waals surface area contributed by atoms with Gasteiger partial charge in [0, 0.05) is 28.8 Å². The first kappa shape index (κ1) is 20.4. The Labute approximate surface area is 163 Å². The van der Waals surface area contributed by atoms with Crippen molar-refractivity contribution in [2.45, 2.75) is 31.7 Å². The predicted molar refractivity (Wildman–Crippen MR) is 107 cm³/mol. The van der Waals surface area contributed by atoms with Crippen molar-refractivity contribution in [3.05, 3.63) is 77.2 Å². The van der Waals surface area contributed by atoms with E-state index < -0.39 is 5.91 Å². The van der Waals surface area contributed by atoms with Crippen molar-refractivity contribution in [3.8, 4) is 0 Å². The summed E-state index contributed by atoms with van der Waals surface area (Å²) >= 11 is 1.55. The minimum atomic E-state index is -0.400. The minimum absolute atomic E-state index is 0.375. The molecule has 0 spiro atoms. The largest absolute Gasteiger partial charge is 0.269 e. The molecule has 6 nitrogen and oxygen atoms in total. The van der Waals surface area contributed by atoms with Crippen LogP contribution in [0.4, 0.5) is 0 Å². The van der Waals surface area contributed by atoms with Crippen LogP contribution in [-0.4, -0.2) is 21.8 Å². The molecule has 0 aliphatic heterocycles. The zero-order chi connectivity index (χ0) is 19.6. The molecule has 2 amide bonds. The van der Waals surface area contributed by atoms with Crippen LogP contribution in [0.15, 0.2) is 59.8 Å². The number of amides is 2. The molecule has 0 unspecified atom stereocenters. The lowest BCUT2D eigenvalue weighted by atomic mass is 10.1. The number of carbonyl (C=O) groups is 2. The lowest BCUT2D eigenvalue weighted by Gasteiger charge is -2.07. The van der Waals surface area contributed by atoms with Gasteiger partial charge in [-0.1, -0.05) is 42.1 Å². The molecule has 0 bridgehead atoms. The quantitative estimate of drug-likeness (QED) is 0.263. The molecule has 1 aromatic heterocycles. The highest BCUT2D eigenvalue weighted by molar-refractivity contribution is 7.98. The Bertz CT molecular complexity index is 841. The number of rotatable bonds is 6. The topological polar surface area (TPSA) is 84.0 Å². The van der Waals surface area contributed by atoms with Crippen LogP contribution in [0.3, 0.4) is 0 Å². The van der Waals surface area contributed by atoms with Gasteiger partial charge >= 0.3 is 0 Å². The molecular formula is C20H22N4O2S. The number of hydrogen-bond donors (Lipinski definition) is 2. The zero-order valence-corrected chi connectivity index (χ0v) is 16.3. The summed E-state index contributed by atoms with van der Waals surface area (Å²) in [5.74, 6) is -0.0698. The van der Waals surface area contributed by atoms with Gasteiger partial charge in [0.05, 0.1) is 0 Å². The second-order valence-corrected chi connectivity index (χ2v) is 6.69. The number of aryl methyl sites for hydroxylation is 2. The second-order valence-electron chi connectivity index (χ2n) is 5.75. The van der Waals surface area contributed by atoms with Crippen molar-refractivity contribution >= 4 is 23.6 Å². The molecule has 0 atom stereocenters. The SMILES string of the molecule is C/C=C/C=C/C(=O)NNC(=O)c1ccc(CSc2nc(C)cc(C)n2)cc1. The maximum atomic E-state index is 12.1. The predicted octanol–water partition coefficient (Wildman–Crippen LogP) is 3.28. The van der Waals surface area contributed by atoms with Gasteiger partial charge in [-0.15, -0.1) is 0 Å². The number of hydrazine groups is 1. The maximum Gasteiger partial charge on any atom is 0.269 e. The van der Waals surface area contributed by atoms with Crippen LogP contribution in [0.2, 0.25) is 0 Å². The molecule has 2 N–H and O–H groups in total. The highest BCUT2D eigenvalue weighted by Gasteiger charge is 2.07. The average molecular weight is 382 g/mol. The van der Waals surface area contributed by atoms with E-state index in [1.54, 1.807) is 42.1 Å². The fourth-order valence-corrected chi connectivity index (χ4v) is 3.05. The van der Waals surface area contributed by atoms with Gasteiger partial charge in [-0.3, -0.25) is 20.4 Å². The van der Waals surface area contributed by atoms with E-state index in [1.165, 1.54) is 6.08 Å². The van der Waals surface area contributed by atoms with Gasteiger partial charge < -0.3 is 0 Å². The molecule has 7 heteroatoms. The van der Waals surface area contributed by atoms with Gasteiger partial charge in [-0.25, -0.2) is 9.97 Å². The summed E-state index contributed by atoms with van der Waals surface area (Å²) in [6.07, 6.45) is 6.44. The van der Waals surface area contributed by atoms with E-state index in [9.17, 15) is 9.59 Å². The summed E-state index contributed by atoms with van der Waals surface area (Å²) in [5.41, 5.74) is 8.11. The Balaban J connectivity index is 1.86. The molecule has 2 rings (SSSR count). The van der Waals surface area contributed by atoms with Crippen molar-refractivity contribution in [2.75, 3.05) is 0 Å². The molecule has 0 aliphatic carbocycles. The first-order valence-electron chi connectivity index (χ1n) is 8.41. The van der Waals surface area contributed by atoms with Gasteiger partial charge in [-0.2, -0.15) is 0 Å². The van der Waals surface area contributed by atoms with Gasteiger partial charge in [0.1, 0.15) is 0 Å². The highest BCUT2D eigenvalue weighted by Crippen LogP contribution is 2.20. The van der Waals surface area contributed by atoms with Crippen molar-refractivity contribution in [1.82, 2.24) is 20.8 Å². The summed E-state index contributed by atoms with van der Waals surface area (Å²) in [6, 6.07) is 9.12. The van der Waals surface area contributed by atoms with Crippen LogP contribution in [0.1, 0.15) is 34.2 Å². The smallest absolute Gasteiger partial charge is 0.268 e. The number of nitrogens with zero attached hydrogens (tertiary/aromatic N) is 2. The molecule has 0 fully saturated rings. The third-order valence-electron chi connectivity index (χ3n) is 3.40. The number of aromatic nitrogens is 2. The summed E-state index contributed by atoms with van der Waals surface area (Å²) < 4.78 is 0. The van der Waals surface area contributed by atoms with E-state index in [4.69, 9.17) is 0 Å². The molecule has 0 radical (unpaired) electrons. The van der Waals surface area contributed by atoms with Crippen LogP contribution in [0.25, 0.3) is 0 Å². The monoisotopic (exact) mass is 382 g/mol. The maximum absolute atomic E-state index is 12.1. The zero-order valence-electron chi connectivity index (χ0n) is 15.5. The second kappa shape index (κ2) is 10.3. The van der Waals surface area contributed by atoms with Gasteiger partial charge in [0.2, 0.25) is 0 Å². The normalized spacial score (nSPS) is 11.1. The Morgan fingerprint density at radius 2 is 1.70 bits per heavy atom. The molecule has 0 saturated heterocycles. The van der Waals surface area contributed by atoms with Crippen LogP contribution >= 0.6 is 11.8 Å². The number of nitrogens with one attached hydrogen (secondary N) is 2. The number of hydrogen-bond acceptors (Lipinski definition) is 5. The molecule has 0 aliphatic rings. The van der Waals surface area contributed by atoms with E-state index in [2.05, 4.69) is 20.8 Å². The highest BCUT2D eigenvalue weighted by atomic mass is 32.2. The molecule has 1 heterocycles. The van der Waals surface area contributed by atoms with Crippen molar-refractivity contribution in [3.63, 3.8) is 0 Å². The number of allylic oxidation sites excluding steroid dienone is 3. The Morgan fingerprint density at radius 1 is 1.04 bits per heavy atom. The summed E-state index contributed by atoms with van der Waals surface area (Å²) in [7, 11) is 0. The molecular weight excluding hydrogens is 360 g/mol. The Kier molecular flexibility index (Phi) is 7.76. The molecule has 1 aromatic carbocycles. The van der Waals surface area contributed by atoms with Crippen molar-refractivity contribution < 1.29 is 9.59 Å². The standard InChI is InChI=1S/C20H22N4O2S/c1-4-5-6-7-18(25)23-24-19(26)17-10-8-16(9-11-17)13-27-20-21-14(2)12-15(3)22-20/h4-12H,13H2,1-3H3,(H,23,25)(H,24,26)/b5-4+,7-6+. The van der Waals surface area contributed by atoms with Gasteiger partial charge in [0.25, 0.3) is 11.8 Å². The lowest BCUT2D eigenvalue weighted by molar-refractivity contribution is -0.117. The third kappa shape index (κ3) is 7.07. The molecule has 27 heavy (non-hydrogen) atoms. The number of thioether (sulfide) groups is 1. The average Bonchev–Trinajstić information content (AvgIpc) is 2.64. The molecule has 0 saturated carbocycles. The van der Waals surface area contributed by atoms with Gasteiger partial charge in [0.15, 0.2) is 5.16 Å². The molecule has 2 aromatic rings. The van der Waals surface area contributed by atoms with Crippen LogP contribution in [0.5, 0.6) is 0 Å². The lowest BCUT2D eigenvalue weighted by Crippen LogP contribution is -2.40. The molecule has 140 valence electrons. The van der Waals surface area contributed by atoms with E-state index in [1.807, 2.05) is 39.0 Å². The summed E-state index contributed by atoms with van der Waals surface area (Å²) in [6.45, 7) is 5.74. The van der Waals surface area contributed by atoms with Crippen molar-refractivity contribution in [1.29, 1.82) is 0 Å². The Hall–Kier alpha value is -2.93. The fraction of sp³-hybridized carbons (Fsp3) is 0.200. The third-order valence-corrected chi connectivity index (χ3v) is 4.31. The first-order valence-corrected chi connectivity index (χ1v) is 9.40. The van der Waals surface area contributed by atoms with E-state index in [0.29, 0.717) is 11.3 Å².